The fraction of sp³-hybridized carbons (Fsp3) is 0.818. The Balaban J connectivity index is 3.33. The van der Waals surface area contributed by atoms with E-state index in [0.29, 0.717) is 32.4 Å². The number of rotatable bonds is 9. The third kappa shape index (κ3) is 9.62. The summed E-state index contributed by atoms with van der Waals surface area (Å²) in [5, 5.41) is 11.1. The number of carbonyl (C=O) groups is 2. The molecule has 17 heavy (non-hydrogen) atoms. The lowest BCUT2D eigenvalue weighted by atomic mass is 10.1. The maximum atomic E-state index is 11.1. The summed E-state index contributed by atoms with van der Waals surface area (Å²) in [7, 11) is 0. The highest BCUT2D eigenvalue weighted by molar-refractivity contribution is 5.72. The van der Waals surface area contributed by atoms with Crippen LogP contribution in [-0.2, 0) is 9.53 Å². The molecule has 1 atom stereocenters. The van der Waals surface area contributed by atoms with Crippen LogP contribution in [0.2, 0.25) is 0 Å². The Labute approximate surface area is 102 Å². The molecular formula is C11H22N2O4. The van der Waals surface area contributed by atoms with Gasteiger partial charge in [-0.05, 0) is 25.7 Å². The van der Waals surface area contributed by atoms with Crippen LogP contribution in [0.15, 0.2) is 0 Å². The van der Waals surface area contributed by atoms with E-state index in [-0.39, 0.29) is 0 Å². The summed E-state index contributed by atoms with van der Waals surface area (Å²) in [6, 6.07) is -0.813. The van der Waals surface area contributed by atoms with E-state index in [0.717, 1.165) is 12.8 Å². The predicted octanol–water partition coefficient (Wildman–Crippen LogP) is 1.09. The molecule has 0 aromatic rings. The molecule has 0 rings (SSSR count). The number of aliphatic carboxylic acids is 1. The molecule has 6 heteroatoms. The Bertz CT molecular complexity index is 234. The topological polar surface area (TPSA) is 102 Å². The summed E-state index contributed by atoms with van der Waals surface area (Å²) in [5.41, 5.74) is 5.33. The molecule has 0 saturated carbocycles. The van der Waals surface area contributed by atoms with Gasteiger partial charge in [-0.15, -0.1) is 0 Å². The van der Waals surface area contributed by atoms with E-state index in [1.165, 1.54) is 0 Å². The average Bonchev–Trinajstić information content (AvgIpc) is 2.28. The van der Waals surface area contributed by atoms with Crippen LogP contribution in [0.5, 0.6) is 0 Å². The molecule has 6 nitrogen and oxygen atoms in total. The minimum absolute atomic E-state index is 0.416. The van der Waals surface area contributed by atoms with Crippen LogP contribution in [0, 0.1) is 0 Å². The van der Waals surface area contributed by atoms with Crippen molar-refractivity contribution in [2.75, 3.05) is 13.2 Å². The molecule has 1 amide bonds. The standard InChI is InChI=1S/C11H22N2O4/c1-2-3-8-17-11(16)13-7-5-4-6-9(12)10(14)15/h9H,2-8,12H2,1H3,(H,13,16)(H,14,15)/t9-/m1/s1. The number of carboxylic acids is 1. The molecule has 0 aromatic heterocycles. The van der Waals surface area contributed by atoms with Gasteiger partial charge in [0.1, 0.15) is 6.04 Å². The Hall–Kier alpha value is -1.30. The molecule has 0 spiro atoms. The van der Waals surface area contributed by atoms with E-state index in [1.54, 1.807) is 0 Å². The molecule has 0 fully saturated rings. The molecule has 0 radical (unpaired) electrons. The van der Waals surface area contributed by atoms with Crippen LogP contribution in [-0.4, -0.2) is 36.4 Å². The fourth-order valence-corrected chi connectivity index (χ4v) is 1.16. The Morgan fingerprint density at radius 3 is 2.65 bits per heavy atom. The van der Waals surface area contributed by atoms with E-state index in [2.05, 4.69) is 5.32 Å². The van der Waals surface area contributed by atoms with Gasteiger partial charge >= 0.3 is 12.1 Å². The van der Waals surface area contributed by atoms with Gasteiger partial charge in [0.05, 0.1) is 6.61 Å². The summed E-state index contributed by atoms with van der Waals surface area (Å²) >= 11 is 0. The number of amides is 1. The van der Waals surface area contributed by atoms with Crippen LogP contribution < -0.4 is 11.1 Å². The van der Waals surface area contributed by atoms with Crippen molar-refractivity contribution in [2.45, 2.75) is 45.1 Å². The second-order valence-corrected chi connectivity index (χ2v) is 3.86. The van der Waals surface area contributed by atoms with Gasteiger partial charge in [0.2, 0.25) is 0 Å². The molecule has 0 heterocycles. The molecule has 0 aliphatic rings. The number of ether oxygens (including phenoxy) is 1. The van der Waals surface area contributed by atoms with Gasteiger partial charge in [-0.3, -0.25) is 4.79 Å². The predicted molar refractivity (Wildman–Crippen MR) is 63.7 cm³/mol. The van der Waals surface area contributed by atoms with Crippen molar-refractivity contribution in [2.24, 2.45) is 5.73 Å². The zero-order valence-corrected chi connectivity index (χ0v) is 10.3. The van der Waals surface area contributed by atoms with Crippen LogP contribution in [0.3, 0.4) is 0 Å². The number of carboxylic acid groups (broad SMARTS) is 1. The number of carbonyl (C=O) groups excluding carboxylic acids is 1. The first kappa shape index (κ1) is 15.7. The van der Waals surface area contributed by atoms with E-state index in [1.807, 2.05) is 6.92 Å². The molecule has 0 unspecified atom stereocenters. The minimum atomic E-state index is -0.989. The van der Waals surface area contributed by atoms with Crippen LogP contribution in [0.1, 0.15) is 39.0 Å². The molecule has 100 valence electrons. The molecular weight excluding hydrogens is 224 g/mol. The summed E-state index contributed by atoms with van der Waals surface area (Å²) < 4.78 is 4.88. The van der Waals surface area contributed by atoms with Gasteiger partial charge in [-0.1, -0.05) is 13.3 Å². The Morgan fingerprint density at radius 1 is 1.35 bits per heavy atom. The highest BCUT2D eigenvalue weighted by atomic mass is 16.5. The van der Waals surface area contributed by atoms with Gasteiger partial charge in [0.15, 0.2) is 0 Å². The summed E-state index contributed by atoms with van der Waals surface area (Å²) in [6.45, 7) is 2.94. The average molecular weight is 246 g/mol. The molecule has 0 aliphatic carbocycles. The maximum absolute atomic E-state index is 11.1. The number of alkyl carbamates (subject to hydrolysis) is 1. The summed E-state index contributed by atoms with van der Waals surface area (Å²) in [6.07, 6.45) is 3.22. The number of unbranched alkanes of at least 4 members (excludes halogenated alkanes) is 2. The largest absolute Gasteiger partial charge is 0.480 e. The lowest BCUT2D eigenvalue weighted by Gasteiger charge is -2.07. The van der Waals surface area contributed by atoms with Crippen molar-refractivity contribution < 1.29 is 19.4 Å². The first-order valence-corrected chi connectivity index (χ1v) is 5.97. The van der Waals surface area contributed by atoms with Crippen molar-refractivity contribution in [3.05, 3.63) is 0 Å². The molecule has 4 N–H and O–H groups in total. The van der Waals surface area contributed by atoms with Crippen LogP contribution in [0.25, 0.3) is 0 Å². The van der Waals surface area contributed by atoms with Crippen molar-refractivity contribution in [3.8, 4) is 0 Å². The van der Waals surface area contributed by atoms with Gasteiger partial charge in [-0.2, -0.15) is 0 Å². The van der Waals surface area contributed by atoms with Crippen LogP contribution in [0.4, 0.5) is 4.79 Å². The second kappa shape index (κ2) is 9.89. The van der Waals surface area contributed by atoms with Gasteiger partial charge in [-0.25, -0.2) is 4.79 Å². The molecule has 0 aromatic carbocycles. The highest BCUT2D eigenvalue weighted by Gasteiger charge is 2.10. The highest BCUT2D eigenvalue weighted by Crippen LogP contribution is 1.98. The summed E-state index contributed by atoms with van der Waals surface area (Å²) in [5.74, 6) is -0.989. The van der Waals surface area contributed by atoms with Gasteiger partial charge < -0.3 is 20.9 Å². The maximum Gasteiger partial charge on any atom is 0.407 e. The van der Waals surface area contributed by atoms with E-state index < -0.39 is 18.1 Å². The minimum Gasteiger partial charge on any atom is -0.480 e. The first-order valence-electron chi connectivity index (χ1n) is 5.97. The van der Waals surface area contributed by atoms with Crippen molar-refractivity contribution in [1.82, 2.24) is 5.32 Å². The molecule has 0 bridgehead atoms. The zero-order valence-electron chi connectivity index (χ0n) is 10.3. The van der Waals surface area contributed by atoms with Gasteiger partial charge in [0.25, 0.3) is 0 Å². The number of hydrogen-bond donors (Lipinski definition) is 3. The third-order valence-electron chi connectivity index (χ3n) is 2.26. The smallest absolute Gasteiger partial charge is 0.407 e. The number of nitrogens with two attached hydrogens (primary N) is 1. The zero-order chi connectivity index (χ0) is 13.1. The second-order valence-electron chi connectivity index (χ2n) is 3.86. The molecule has 0 aliphatic heterocycles. The normalized spacial score (nSPS) is 11.9. The van der Waals surface area contributed by atoms with Crippen molar-refractivity contribution in [1.29, 1.82) is 0 Å². The monoisotopic (exact) mass is 246 g/mol. The van der Waals surface area contributed by atoms with Gasteiger partial charge in [0, 0.05) is 6.54 Å². The quantitative estimate of drug-likeness (QED) is 0.529. The van der Waals surface area contributed by atoms with Crippen molar-refractivity contribution >= 4 is 12.1 Å². The van der Waals surface area contributed by atoms with E-state index in [4.69, 9.17) is 15.6 Å². The lowest BCUT2D eigenvalue weighted by Crippen LogP contribution is -2.30. The Morgan fingerprint density at radius 2 is 2.06 bits per heavy atom. The fourth-order valence-electron chi connectivity index (χ4n) is 1.16. The third-order valence-corrected chi connectivity index (χ3v) is 2.26. The Kier molecular flexibility index (Phi) is 9.14. The summed E-state index contributed by atoms with van der Waals surface area (Å²) in [4.78, 5) is 21.5. The SMILES string of the molecule is CCCCOC(=O)NCCCC[C@@H](N)C(=O)O. The first-order chi connectivity index (χ1) is 8.07. The van der Waals surface area contributed by atoms with Crippen molar-refractivity contribution in [3.63, 3.8) is 0 Å². The number of nitrogens with one attached hydrogen (secondary N) is 1. The van der Waals surface area contributed by atoms with Crippen LogP contribution >= 0.6 is 0 Å². The lowest BCUT2D eigenvalue weighted by molar-refractivity contribution is -0.138. The van der Waals surface area contributed by atoms with E-state index in [9.17, 15) is 9.59 Å². The van der Waals surface area contributed by atoms with E-state index >= 15 is 0 Å². The molecule has 0 saturated heterocycles. The number of hydrogen-bond acceptors (Lipinski definition) is 4.